The first-order chi connectivity index (χ1) is 30.9. The molecule has 19 heteroatoms. The number of aromatic nitrogens is 2. The number of piperidine rings is 1. The average molecular weight is 917 g/mol. The summed E-state index contributed by atoms with van der Waals surface area (Å²) in [4.78, 5) is 108. The van der Waals surface area contributed by atoms with Gasteiger partial charge in [-0.15, -0.1) is 0 Å². The van der Waals surface area contributed by atoms with Crippen LogP contribution >= 0.6 is 0 Å². The van der Waals surface area contributed by atoms with Crippen LogP contribution in [0.15, 0.2) is 52.2 Å². The smallest absolute Gasteiger partial charge is 0.329 e. The number of carbonyl (C=O) groups excluding carboxylic acids is 7. The van der Waals surface area contributed by atoms with Crippen LogP contribution in [0.2, 0.25) is 0 Å². The van der Waals surface area contributed by atoms with E-state index >= 15 is 0 Å². The second-order valence-electron chi connectivity index (χ2n) is 18.4. The molecular weight excluding hydrogens is 857 g/mol. The lowest BCUT2D eigenvalue weighted by molar-refractivity contribution is -0.148. The van der Waals surface area contributed by atoms with Crippen molar-refractivity contribution in [3.63, 3.8) is 0 Å². The fourth-order valence-corrected chi connectivity index (χ4v) is 10.8. The van der Waals surface area contributed by atoms with Crippen LogP contribution in [0.1, 0.15) is 101 Å². The van der Waals surface area contributed by atoms with Crippen LogP contribution in [0, 0.1) is 17.8 Å². The molecule has 3 aromatic rings. The molecule has 1 saturated carbocycles. The van der Waals surface area contributed by atoms with E-state index in [-0.39, 0.29) is 79.0 Å². The fourth-order valence-electron chi connectivity index (χ4n) is 10.1. The molecule has 1 unspecified atom stereocenters. The number of aryl methyl sites for hydroxylation is 2. The van der Waals surface area contributed by atoms with E-state index in [4.69, 9.17) is 5.73 Å². The molecule has 350 valence electrons. The number of fused-ring (bicyclic) bond motifs is 2. The number of amides is 7. The molecule has 0 radical (unpaired) electrons. The molecule has 65 heavy (non-hydrogen) atoms. The van der Waals surface area contributed by atoms with Crippen molar-refractivity contribution in [2.75, 3.05) is 19.3 Å². The molecule has 4 fully saturated rings. The van der Waals surface area contributed by atoms with E-state index in [1.165, 1.54) is 16.7 Å². The molecule has 3 aliphatic heterocycles. The van der Waals surface area contributed by atoms with Gasteiger partial charge in [-0.3, -0.25) is 48.0 Å². The first-order valence-corrected chi connectivity index (χ1v) is 24.6. The number of sulfone groups is 1. The Bertz CT molecular complexity index is 2530. The molecule has 4 heterocycles. The highest BCUT2D eigenvalue weighted by molar-refractivity contribution is 7.90. The Kier molecular flexibility index (Phi) is 14.3. The Morgan fingerprint density at radius 2 is 1.60 bits per heavy atom. The van der Waals surface area contributed by atoms with Crippen LogP contribution in [0.5, 0.6) is 0 Å². The van der Waals surface area contributed by atoms with E-state index in [1.807, 2.05) is 23.1 Å². The van der Waals surface area contributed by atoms with Gasteiger partial charge in [0.25, 0.3) is 0 Å². The van der Waals surface area contributed by atoms with E-state index in [9.17, 15) is 46.8 Å². The maximum Gasteiger partial charge on any atom is 0.329 e. The third-order valence-corrected chi connectivity index (χ3v) is 15.0. The fraction of sp³-hybridized carbons (Fsp3) is 0.565. The van der Waals surface area contributed by atoms with Crippen LogP contribution in [0.25, 0.3) is 11.0 Å². The van der Waals surface area contributed by atoms with Gasteiger partial charge in [0.15, 0.2) is 9.84 Å². The van der Waals surface area contributed by atoms with Gasteiger partial charge >= 0.3 is 5.69 Å². The summed E-state index contributed by atoms with van der Waals surface area (Å²) >= 11 is 0. The highest BCUT2D eigenvalue weighted by atomic mass is 32.2. The van der Waals surface area contributed by atoms with Crippen LogP contribution < -0.4 is 27.4 Å². The second-order valence-corrected chi connectivity index (χ2v) is 20.4. The number of hydrogen-bond donors (Lipinski definition) is 4. The van der Waals surface area contributed by atoms with Crippen molar-refractivity contribution in [3.05, 3.63) is 64.1 Å². The van der Waals surface area contributed by atoms with Gasteiger partial charge in [-0.25, -0.2) is 13.2 Å². The molecule has 7 amide bonds. The number of carbonyl (C=O) groups is 7. The highest BCUT2D eigenvalue weighted by Gasteiger charge is 2.45. The maximum atomic E-state index is 14.0. The number of nitrogens with zero attached hydrogens (tertiary/aromatic N) is 4. The summed E-state index contributed by atoms with van der Waals surface area (Å²) in [6.07, 6.45) is 7.82. The van der Waals surface area contributed by atoms with Gasteiger partial charge < -0.3 is 26.2 Å². The minimum atomic E-state index is -3.39. The molecule has 0 bridgehead atoms. The van der Waals surface area contributed by atoms with Crippen LogP contribution in [-0.2, 0) is 63.4 Å². The Morgan fingerprint density at radius 1 is 0.892 bits per heavy atom. The van der Waals surface area contributed by atoms with Crippen molar-refractivity contribution in [1.82, 2.24) is 34.9 Å². The van der Waals surface area contributed by atoms with E-state index in [2.05, 4.69) is 16.0 Å². The Balaban J connectivity index is 0.903. The summed E-state index contributed by atoms with van der Waals surface area (Å²) in [5.74, 6) is -2.94. The second kappa shape index (κ2) is 19.7. The zero-order chi connectivity index (χ0) is 46.7. The molecule has 0 spiro atoms. The van der Waals surface area contributed by atoms with Gasteiger partial charge in [0.2, 0.25) is 41.4 Å². The van der Waals surface area contributed by atoms with Crippen molar-refractivity contribution in [2.24, 2.45) is 30.5 Å². The van der Waals surface area contributed by atoms with E-state index < -0.39 is 57.5 Å². The molecule has 7 rings (SSSR count). The molecule has 5 atom stereocenters. The largest absolute Gasteiger partial charge is 0.370 e. The summed E-state index contributed by atoms with van der Waals surface area (Å²) in [5, 5.41) is 7.86. The number of benzene rings is 2. The normalized spacial score (nSPS) is 24.4. The summed E-state index contributed by atoms with van der Waals surface area (Å²) in [7, 11) is -1.71. The molecule has 18 nitrogen and oxygen atoms in total. The summed E-state index contributed by atoms with van der Waals surface area (Å²) in [6, 6.07) is 8.96. The summed E-state index contributed by atoms with van der Waals surface area (Å²) < 4.78 is 26.7. The molecule has 1 aromatic heterocycles. The van der Waals surface area contributed by atoms with Gasteiger partial charge in [0, 0.05) is 57.7 Å². The molecule has 1 aliphatic carbocycles. The lowest BCUT2D eigenvalue weighted by Gasteiger charge is -2.39. The predicted octanol–water partition coefficient (Wildman–Crippen LogP) is 1.75. The van der Waals surface area contributed by atoms with E-state index in [0.29, 0.717) is 42.8 Å². The minimum absolute atomic E-state index is 0.0477. The van der Waals surface area contributed by atoms with Crippen molar-refractivity contribution in [2.45, 2.75) is 126 Å². The number of hydrogen-bond acceptors (Lipinski definition) is 10. The molecular formula is C46H60N8O10S. The minimum Gasteiger partial charge on any atom is -0.370 e. The number of imidazole rings is 1. The first-order valence-electron chi connectivity index (χ1n) is 22.7. The van der Waals surface area contributed by atoms with Crippen LogP contribution in [0.3, 0.4) is 0 Å². The van der Waals surface area contributed by atoms with Crippen molar-refractivity contribution < 1.29 is 42.0 Å². The number of rotatable bonds is 14. The third kappa shape index (κ3) is 10.7. The van der Waals surface area contributed by atoms with Gasteiger partial charge in [0.05, 0.1) is 21.8 Å². The molecule has 4 aliphatic rings. The first kappa shape index (κ1) is 47.1. The highest BCUT2D eigenvalue weighted by Crippen LogP contribution is 2.35. The number of primary amides is 1. The monoisotopic (exact) mass is 916 g/mol. The van der Waals surface area contributed by atoms with E-state index in [0.717, 1.165) is 55.9 Å². The van der Waals surface area contributed by atoms with Crippen LogP contribution in [0.4, 0.5) is 0 Å². The quantitative estimate of drug-likeness (QED) is 0.171. The zero-order valence-electron chi connectivity index (χ0n) is 37.3. The molecule has 5 N–H and O–H groups in total. The number of nitrogens with one attached hydrogen (secondary N) is 3. The van der Waals surface area contributed by atoms with Gasteiger partial charge in [-0.2, -0.15) is 0 Å². The topological polar surface area (TPSA) is 249 Å². The maximum absolute atomic E-state index is 14.0. The lowest BCUT2D eigenvalue weighted by atomic mass is 9.79. The molecule has 3 saturated heterocycles. The number of imide groups is 1. The third-order valence-electron chi connectivity index (χ3n) is 13.9. The van der Waals surface area contributed by atoms with Gasteiger partial charge in [-0.1, -0.05) is 25.1 Å². The van der Waals surface area contributed by atoms with Crippen molar-refractivity contribution >= 4 is 62.2 Å². The van der Waals surface area contributed by atoms with Gasteiger partial charge in [-0.05, 0) is 112 Å². The van der Waals surface area contributed by atoms with Crippen molar-refractivity contribution in [3.8, 4) is 0 Å². The Hall–Kier alpha value is -5.85. The number of nitrogens with two attached hydrogens (primary N) is 1. The predicted molar refractivity (Wildman–Crippen MR) is 238 cm³/mol. The van der Waals surface area contributed by atoms with Gasteiger partial charge in [0.1, 0.15) is 18.1 Å². The van der Waals surface area contributed by atoms with Crippen LogP contribution in [-0.4, -0.2) is 106 Å². The average Bonchev–Trinajstić information content (AvgIpc) is 3.80. The zero-order valence-corrected chi connectivity index (χ0v) is 38.1. The summed E-state index contributed by atoms with van der Waals surface area (Å²) in [5.41, 5.74) is 8.18. The Labute approximate surface area is 377 Å². The SMILES string of the molecule is C[C@H]1CN(C(=O)C2CCC(CCc3ccc4c(c3)n(C)c(=O)n4C3CCC(=O)NC3=O)CC2)CC[C@H]2CC[C@@H](C(=O)N[C@@H](CCC(N)=O)C(=O)NCc3ccc(S(C)(=O)=O)cc3)N2C1=O. The summed E-state index contributed by atoms with van der Waals surface area (Å²) in [6.45, 7) is 2.52. The van der Waals surface area contributed by atoms with E-state index in [1.54, 1.807) is 35.6 Å². The lowest BCUT2D eigenvalue weighted by Crippen LogP contribution is -2.57. The van der Waals surface area contributed by atoms with Crippen molar-refractivity contribution in [1.29, 1.82) is 0 Å². The standard InChI is InChI=1S/C46H60N8O10S/c1-27-26-52(45(61)31-11-6-28(7-12-31)4-5-29-10-17-35-38(24-29)51(2)46(62)54(35)37-19-21-40(56)50-43(37)59)23-22-32-13-18-36(53(32)44(27)60)42(58)49-34(16-20-39(47)55)41(57)48-25-30-8-14-33(15-9-30)65(3,63)64/h8-10,14-15,17,24,27-28,31-32,34,36-37H,4-7,11-13,16,18-23,25-26H2,1-3H3,(H2,47,55)(H,48,57)(H,49,58)(H,50,56,59)/t27-,28?,31?,32+,34-,36-,37?/m0/s1. The molecule has 2 aromatic carbocycles. The Morgan fingerprint density at radius 3 is 2.28 bits per heavy atom.